The van der Waals surface area contributed by atoms with Crippen LogP contribution < -0.4 is 31.9 Å². The average molecular weight is 888 g/mol. The summed E-state index contributed by atoms with van der Waals surface area (Å²) in [6.45, 7) is 1.57. The van der Waals surface area contributed by atoms with E-state index in [4.69, 9.17) is 11.6 Å². The molecule has 1 amide bonds. The van der Waals surface area contributed by atoms with Gasteiger partial charge in [0.1, 0.15) is 5.69 Å². The van der Waals surface area contributed by atoms with E-state index in [1.807, 2.05) is 0 Å². The molecule has 6 rings (SSSR count). The number of carbonyl (C=O) groups is 1. The molecule has 0 atom stereocenters. The Balaban J connectivity index is 0.000000301. The molecule has 0 fully saturated rings. The number of ether oxygens (including phenoxy) is 1. The fourth-order valence-corrected chi connectivity index (χ4v) is 6.39. The van der Waals surface area contributed by atoms with Gasteiger partial charge in [-0.25, -0.2) is 26.3 Å². The van der Waals surface area contributed by atoms with Gasteiger partial charge in [0, 0.05) is 28.8 Å². The molecule has 301 valence electrons. The number of hydrogen-bond acceptors (Lipinski definition) is 15. The number of azo groups is 2. The Morgan fingerprint density at radius 2 is 1.28 bits per heavy atom. The first-order chi connectivity index (χ1) is 26.4. The van der Waals surface area contributed by atoms with Gasteiger partial charge in [-0.3, -0.25) is 5.32 Å². The second-order valence-corrected chi connectivity index (χ2v) is 16.2. The van der Waals surface area contributed by atoms with Crippen LogP contribution in [0, 0.1) is 6.92 Å². The number of amides is 1. The molecule has 6 aromatic rings. The number of nitrogens with zero attached hydrogens (tertiary/aromatic N) is 6. The topological polar surface area (TPSA) is 303 Å². The number of carbonyl (C=O) groups excluding carboxylic acids is 1. The minimum absolute atomic E-state index is 0. The van der Waals surface area contributed by atoms with Crippen LogP contribution in [0.4, 0.5) is 33.2 Å². The summed E-state index contributed by atoms with van der Waals surface area (Å²) in [5, 5.41) is 72.2. The van der Waals surface area contributed by atoms with Gasteiger partial charge < -0.3 is 31.3 Å². The molecule has 0 saturated carbocycles. The molecular weight excluding hydrogens is 856 g/mol. The molecule has 0 aliphatic rings. The predicted octanol–water partition coefficient (Wildman–Crippen LogP) is 6.16. The van der Waals surface area contributed by atoms with Crippen LogP contribution in [0.5, 0.6) is 23.1 Å². The molecule has 0 saturated heterocycles. The third-order valence-corrected chi connectivity index (χ3v) is 10.1. The smallest absolute Gasteiger partial charge is 0.871 e. The van der Waals surface area contributed by atoms with Crippen molar-refractivity contribution in [3.8, 4) is 28.8 Å². The first-order valence-electron chi connectivity index (χ1n) is 15.8. The molecule has 5 aromatic carbocycles. The van der Waals surface area contributed by atoms with Gasteiger partial charge in [-0.1, -0.05) is 71.3 Å². The Morgan fingerprint density at radius 3 is 1.81 bits per heavy atom. The van der Waals surface area contributed by atoms with Crippen molar-refractivity contribution in [2.24, 2.45) is 20.5 Å². The summed E-state index contributed by atoms with van der Waals surface area (Å²) in [6, 6.07) is 21.1. The number of quaternary nitrogens is 1. The first kappa shape index (κ1) is 46.3. The van der Waals surface area contributed by atoms with E-state index in [1.54, 1.807) is 55.5 Å². The first-order valence-corrected chi connectivity index (χ1v) is 20.0. The minimum atomic E-state index is -3.55. The molecule has 0 bridgehead atoms. The summed E-state index contributed by atoms with van der Waals surface area (Å²) >= 11 is 5.93. The maximum atomic E-state index is 12.6. The summed E-state index contributed by atoms with van der Waals surface area (Å²) in [5.74, 6) is -2.10. The largest absolute Gasteiger partial charge is 3.00 e. The van der Waals surface area contributed by atoms with Crippen LogP contribution in [0.25, 0.3) is 16.5 Å². The summed E-state index contributed by atoms with van der Waals surface area (Å²) < 4.78 is 52.3. The normalized spacial score (nSPS) is 11.4. The van der Waals surface area contributed by atoms with E-state index in [9.17, 15) is 42.1 Å². The molecular formula is C36H32ClCrN8O10S2. The van der Waals surface area contributed by atoms with E-state index in [1.165, 1.54) is 25.3 Å². The van der Waals surface area contributed by atoms with E-state index in [2.05, 4.69) is 35.6 Å². The van der Waals surface area contributed by atoms with E-state index in [0.29, 0.717) is 27.2 Å². The fraction of sp³-hybridized carbons (Fsp3) is 0.111. The van der Waals surface area contributed by atoms with Gasteiger partial charge in [-0.2, -0.15) is 20.4 Å². The second kappa shape index (κ2) is 18.9. The quantitative estimate of drug-likeness (QED) is 0.163. The van der Waals surface area contributed by atoms with Crippen molar-refractivity contribution >= 4 is 76.6 Å². The van der Waals surface area contributed by atoms with Crippen molar-refractivity contribution in [3.63, 3.8) is 0 Å². The van der Waals surface area contributed by atoms with Crippen LogP contribution in [0.3, 0.4) is 0 Å². The average Bonchev–Trinajstić information content (AvgIpc) is 3.42. The molecule has 0 aliphatic heterocycles. The van der Waals surface area contributed by atoms with Gasteiger partial charge in [-0.05, 0) is 60.8 Å². The number of fused-ring (bicyclic) bond motifs is 1. The SMILES string of the molecule is COC(=O)Nc1cccc2ccc([O-])c(N=Nc3cc(S(C)(=O)=O)ccc3[O-])c12.Cc1nn(-c2cccc(Cl)c2)c([O-])c1N=Nc1cc(S(C)(=O)=O)ccc1[O-].[Cr+3].[NH4+]. The van der Waals surface area contributed by atoms with Gasteiger partial charge in [0.25, 0.3) is 0 Å². The van der Waals surface area contributed by atoms with Crippen LogP contribution >= 0.6 is 11.6 Å². The number of sulfone groups is 2. The number of rotatable bonds is 8. The van der Waals surface area contributed by atoms with Crippen LogP contribution in [0.15, 0.2) is 121 Å². The number of halogens is 1. The monoisotopic (exact) mass is 887 g/mol. The molecule has 18 nitrogen and oxygen atoms in total. The van der Waals surface area contributed by atoms with Gasteiger partial charge >= 0.3 is 23.5 Å². The summed E-state index contributed by atoms with van der Waals surface area (Å²) in [5.41, 5.74) is 0.442. The molecule has 1 radical (unpaired) electrons. The molecule has 0 unspecified atom stereocenters. The third-order valence-electron chi connectivity index (χ3n) is 7.68. The molecule has 58 heavy (non-hydrogen) atoms. The number of nitrogens with one attached hydrogen (secondary N) is 1. The molecule has 1 heterocycles. The van der Waals surface area contributed by atoms with E-state index >= 15 is 0 Å². The summed E-state index contributed by atoms with van der Waals surface area (Å²) in [4.78, 5) is 11.5. The third kappa shape index (κ3) is 10.9. The van der Waals surface area contributed by atoms with Crippen LogP contribution in [-0.4, -0.2) is 52.3 Å². The van der Waals surface area contributed by atoms with Crippen LogP contribution in [-0.2, 0) is 41.8 Å². The zero-order chi connectivity index (χ0) is 40.9. The fourth-order valence-electron chi connectivity index (χ4n) is 4.92. The predicted molar refractivity (Wildman–Crippen MR) is 205 cm³/mol. The van der Waals surface area contributed by atoms with Crippen molar-refractivity contribution in [2.75, 3.05) is 24.9 Å². The van der Waals surface area contributed by atoms with Crippen molar-refractivity contribution in [3.05, 3.63) is 102 Å². The number of anilines is 1. The Kier molecular flexibility index (Phi) is 15.1. The number of benzene rings is 5. The molecule has 0 spiro atoms. The zero-order valence-electron chi connectivity index (χ0n) is 31.0. The molecule has 0 aliphatic carbocycles. The van der Waals surface area contributed by atoms with Gasteiger partial charge in [0.2, 0.25) is 0 Å². The Hall–Kier alpha value is -6.08. The Labute approximate surface area is 347 Å². The maximum absolute atomic E-state index is 12.6. The molecule has 1 aromatic heterocycles. The number of hydrogen-bond donors (Lipinski definition) is 2. The molecule has 22 heteroatoms. The summed E-state index contributed by atoms with van der Waals surface area (Å²) in [6.07, 6.45) is 1.28. The Morgan fingerprint density at radius 1 is 0.741 bits per heavy atom. The van der Waals surface area contributed by atoms with E-state index in [0.717, 1.165) is 41.5 Å². The number of aromatic nitrogens is 2. The van der Waals surface area contributed by atoms with E-state index < -0.39 is 48.9 Å². The molecule has 5 N–H and O–H groups in total. The van der Waals surface area contributed by atoms with Crippen molar-refractivity contribution < 1.29 is 64.2 Å². The number of methoxy groups -OCH3 is 1. The minimum Gasteiger partial charge on any atom is -0.871 e. The Bertz CT molecular complexity index is 2780. The van der Waals surface area contributed by atoms with Crippen molar-refractivity contribution in [1.29, 1.82) is 0 Å². The van der Waals surface area contributed by atoms with Crippen molar-refractivity contribution in [2.45, 2.75) is 16.7 Å². The standard InChI is InChI=1S/C19H17N3O6S.C17H15ClN4O4S.Cr.H3N/c1-28-19(25)20-13-5-3-4-11-6-8-16(24)18(17(11)13)22-21-14-10-12(29(2,26)27)7-9-15(14)23;1-10-16(17(24)22(21-10)12-5-3-4-11(18)8-12)20-19-14-9-13(27(2,25)26)6-7-15(14)23;;/h3-10,23-24H,1-2H3,(H,20,25);3-9,23-24H,1-2H3;;1H3/q;;+3;/p-3. The number of aryl methyl sites for hydroxylation is 1. The maximum Gasteiger partial charge on any atom is 3.00 e. The second-order valence-electron chi connectivity index (χ2n) is 11.8. The van der Waals surface area contributed by atoms with Gasteiger partial charge in [0.05, 0.1) is 51.0 Å². The van der Waals surface area contributed by atoms with E-state index in [-0.39, 0.29) is 61.7 Å². The van der Waals surface area contributed by atoms with Crippen molar-refractivity contribution in [1.82, 2.24) is 15.9 Å². The summed E-state index contributed by atoms with van der Waals surface area (Å²) in [7, 11) is -5.86. The van der Waals surface area contributed by atoms with Gasteiger partial charge in [-0.15, -0.1) is 5.11 Å². The zero-order valence-corrected chi connectivity index (χ0v) is 34.7. The van der Waals surface area contributed by atoms with Gasteiger partial charge in [0.15, 0.2) is 19.7 Å². The van der Waals surface area contributed by atoms with Crippen LogP contribution in [0.2, 0.25) is 5.02 Å². The van der Waals surface area contributed by atoms with Crippen LogP contribution in [0.1, 0.15) is 5.69 Å².